The van der Waals surface area contributed by atoms with Gasteiger partial charge < -0.3 is 15.0 Å². The van der Waals surface area contributed by atoms with Crippen LogP contribution >= 0.6 is 0 Å². The van der Waals surface area contributed by atoms with Crippen molar-refractivity contribution < 1.29 is 30.7 Å². The molecule has 186 valence electrons. The van der Waals surface area contributed by atoms with Crippen LogP contribution in [0, 0.1) is 5.82 Å². The molecule has 0 radical (unpaired) electrons. The number of hydrazine groups is 1. The minimum Gasteiger partial charge on any atom is -0.378 e. The molecule has 4 rings (SSSR count). The highest BCUT2D eigenvalue weighted by Gasteiger charge is 2.30. The molecule has 3 N–H and O–H groups in total. The molecule has 0 spiro atoms. The molecule has 0 atom stereocenters. The second kappa shape index (κ2) is 9.97. The number of hydrogen-bond acceptors (Lipinski definition) is 9. The van der Waals surface area contributed by atoms with Gasteiger partial charge in [0.15, 0.2) is 16.7 Å². The Kier molecular flexibility index (Phi) is 7.00. The van der Waals surface area contributed by atoms with Gasteiger partial charge in [-0.25, -0.2) is 22.8 Å². The summed E-state index contributed by atoms with van der Waals surface area (Å²) >= 11 is 0. The van der Waals surface area contributed by atoms with Gasteiger partial charge in [0.25, 0.3) is 10.0 Å². The third-order valence-corrected chi connectivity index (χ3v) is 5.99. The molecule has 3 heterocycles. The number of nitrogens with zero attached hydrogens (tertiary/aromatic N) is 4. The molecule has 1 fully saturated rings. The second-order valence-corrected chi connectivity index (χ2v) is 8.91. The highest BCUT2D eigenvalue weighted by molar-refractivity contribution is 7.89. The Bertz CT molecular complexity index is 1280. The molecule has 0 aliphatic carbocycles. The van der Waals surface area contributed by atoms with Crippen LogP contribution in [0.25, 0.3) is 0 Å². The van der Waals surface area contributed by atoms with Gasteiger partial charge >= 0.3 is 6.18 Å². The zero-order valence-corrected chi connectivity index (χ0v) is 18.7. The van der Waals surface area contributed by atoms with Crippen LogP contribution in [0.15, 0.2) is 53.8 Å². The van der Waals surface area contributed by atoms with Crippen molar-refractivity contribution in [3.63, 3.8) is 0 Å². The summed E-state index contributed by atoms with van der Waals surface area (Å²) in [5.41, 5.74) is 1.91. The minimum absolute atomic E-state index is 0.00754. The topological polar surface area (TPSA) is 121 Å². The van der Waals surface area contributed by atoms with E-state index in [1.165, 1.54) is 18.2 Å². The van der Waals surface area contributed by atoms with Crippen molar-refractivity contribution in [1.82, 2.24) is 19.8 Å². The van der Waals surface area contributed by atoms with Crippen LogP contribution < -0.4 is 20.5 Å². The molecule has 35 heavy (non-hydrogen) atoms. The Labute approximate surface area is 197 Å². The van der Waals surface area contributed by atoms with Crippen LogP contribution in [0.2, 0.25) is 0 Å². The third-order valence-electron chi connectivity index (χ3n) is 4.82. The molecule has 1 aromatic carbocycles. The van der Waals surface area contributed by atoms with E-state index < -0.39 is 27.6 Å². The number of sulfonamides is 1. The van der Waals surface area contributed by atoms with Gasteiger partial charge in [-0.05, 0) is 30.3 Å². The van der Waals surface area contributed by atoms with Crippen LogP contribution in [-0.4, -0.2) is 49.7 Å². The number of hydrogen-bond donors (Lipinski definition) is 3. The highest BCUT2D eigenvalue weighted by atomic mass is 32.2. The van der Waals surface area contributed by atoms with Gasteiger partial charge in [-0.3, -0.25) is 5.43 Å². The molecule has 1 aliphatic heterocycles. The molecule has 2 aromatic heterocycles. The van der Waals surface area contributed by atoms with E-state index in [0.717, 1.165) is 30.6 Å². The fourth-order valence-electron chi connectivity index (χ4n) is 3.13. The number of nitrogens with one attached hydrogen (secondary N) is 3. The first-order chi connectivity index (χ1) is 16.6. The van der Waals surface area contributed by atoms with Crippen molar-refractivity contribution in [2.24, 2.45) is 0 Å². The predicted octanol–water partition coefficient (Wildman–Crippen LogP) is 2.92. The summed E-state index contributed by atoms with van der Waals surface area (Å²) in [4.78, 5) is 15.3. The monoisotopic (exact) mass is 513 g/mol. The number of aromatic nitrogens is 3. The van der Waals surface area contributed by atoms with Gasteiger partial charge in [0.1, 0.15) is 0 Å². The largest absolute Gasteiger partial charge is 0.416 e. The number of benzene rings is 1. The molecule has 0 saturated carbocycles. The first-order valence-corrected chi connectivity index (χ1v) is 11.6. The molecule has 15 heteroatoms. The summed E-state index contributed by atoms with van der Waals surface area (Å²) in [6.45, 7) is 1.65. The van der Waals surface area contributed by atoms with Crippen molar-refractivity contribution in [2.75, 3.05) is 41.9 Å². The fourth-order valence-corrected chi connectivity index (χ4v) is 3.90. The van der Waals surface area contributed by atoms with Crippen molar-refractivity contribution in [3.8, 4) is 0 Å². The number of anilines is 4. The Hall–Kier alpha value is -3.56. The van der Waals surface area contributed by atoms with Crippen LogP contribution in [-0.2, 0) is 20.9 Å². The smallest absolute Gasteiger partial charge is 0.378 e. The predicted molar refractivity (Wildman–Crippen MR) is 118 cm³/mol. The molecule has 10 nitrogen and oxygen atoms in total. The molecular formula is C20H19F4N7O3S. The van der Waals surface area contributed by atoms with E-state index in [1.807, 2.05) is 0 Å². The van der Waals surface area contributed by atoms with E-state index in [2.05, 4.69) is 30.5 Å². The average molecular weight is 513 g/mol. The number of rotatable bonds is 7. The standard InChI is InChI=1S/C20H19F4N7O3S/c21-16-12-26-19(28-18(16)31-6-8-34-9-7-31)29-30-35(32,33)17-5-4-15(11-25-17)27-14-3-1-2-13(10-14)20(22,23)24/h1-5,10-12,27,30H,6-9H2,(H,26,28,29). The molecule has 0 unspecified atom stereocenters. The molecule has 3 aromatic rings. The van der Waals surface area contributed by atoms with Crippen LogP contribution in [0.4, 0.5) is 40.7 Å². The van der Waals surface area contributed by atoms with Crippen molar-refractivity contribution >= 4 is 33.2 Å². The fraction of sp³-hybridized carbons (Fsp3) is 0.250. The molecular weight excluding hydrogens is 494 g/mol. The third kappa shape index (κ3) is 6.12. The van der Waals surface area contributed by atoms with E-state index in [1.54, 1.807) is 4.90 Å². The first-order valence-electron chi connectivity index (χ1n) is 10.2. The molecule has 1 aliphatic rings. The summed E-state index contributed by atoms with van der Waals surface area (Å²) in [6.07, 6.45) is -2.43. The maximum Gasteiger partial charge on any atom is 0.416 e. The lowest BCUT2D eigenvalue weighted by Crippen LogP contribution is -2.38. The lowest BCUT2D eigenvalue weighted by atomic mass is 10.2. The van der Waals surface area contributed by atoms with Gasteiger partial charge in [0, 0.05) is 18.8 Å². The SMILES string of the molecule is O=S(=O)(NNc1ncc(F)c(N2CCOCC2)n1)c1ccc(Nc2cccc(C(F)(F)F)c2)cn1. The van der Waals surface area contributed by atoms with Crippen LogP contribution in [0.3, 0.4) is 0 Å². The second-order valence-electron chi connectivity index (χ2n) is 7.28. The van der Waals surface area contributed by atoms with Gasteiger partial charge in [-0.1, -0.05) is 6.07 Å². The van der Waals surface area contributed by atoms with E-state index in [0.29, 0.717) is 26.3 Å². The zero-order chi connectivity index (χ0) is 25.1. The number of ether oxygens (including phenoxy) is 1. The number of morpholine rings is 1. The number of pyridine rings is 1. The van der Waals surface area contributed by atoms with E-state index >= 15 is 0 Å². The Morgan fingerprint density at radius 2 is 1.77 bits per heavy atom. The van der Waals surface area contributed by atoms with Gasteiger partial charge in [0.2, 0.25) is 5.95 Å². The van der Waals surface area contributed by atoms with Crippen molar-refractivity contribution in [3.05, 3.63) is 60.2 Å². The van der Waals surface area contributed by atoms with Gasteiger partial charge in [-0.15, -0.1) is 4.83 Å². The Morgan fingerprint density at radius 3 is 2.46 bits per heavy atom. The van der Waals surface area contributed by atoms with Gasteiger partial charge in [0.05, 0.1) is 36.9 Å². The Morgan fingerprint density at radius 1 is 1.00 bits per heavy atom. The van der Waals surface area contributed by atoms with Crippen LogP contribution in [0.5, 0.6) is 0 Å². The van der Waals surface area contributed by atoms with Crippen LogP contribution in [0.1, 0.15) is 5.56 Å². The summed E-state index contributed by atoms with van der Waals surface area (Å²) in [5.74, 6) is -0.835. The Balaban J connectivity index is 1.42. The van der Waals surface area contributed by atoms with Crippen molar-refractivity contribution in [2.45, 2.75) is 11.2 Å². The number of alkyl halides is 3. The van der Waals surface area contributed by atoms with E-state index in [-0.39, 0.29) is 28.2 Å². The van der Waals surface area contributed by atoms with Gasteiger partial charge in [-0.2, -0.15) is 18.2 Å². The average Bonchev–Trinajstić information content (AvgIpc) is 2.84. The molecule has 0 bridgehead atoms. The van der Waals surface area contributed by atoms with E-state index in [9.17, 15) is 26.0 Å². The van der Waals surface area contributed by atoms with Crippen molar-refractivity contribution in [1.29, 1.82) is 0 Å². The normalized spacial score (nSPS) is 14.6. The highest BCUT2D eigenvalue weighted by Crippen LogP contribution is 2.31. The maximum absolute atomic E-state index is 14.1. The molecule has 0 amide bonds. The summed E-state index contributed by atoms with van der Waals surface area (Å²) < 4.78 is 83.0. The summed E-state index contributed by atoms with van der Waals surface area (Å²) in [5, 5.41) is 2.35. The summed E-state index contributed by atoms with van der Waals surface area (Å²) in [7, 11) is -4.18. The quantitative estimate of drug-likeness (QED) is 0.323. The first kappa shape index (κ1) is 24.6. The lowest BCUT2D eigenvalue weighted by Gasteiger charge is -2.28. The summed E-state index contributed by atoms with van der Waals surface area (Å²) in [6, 6.07) is 7.03. The van der Waals surface area contributed by atoms with E-state index in [4.69, 9.17) is 4.74 Å². The zero-order valence-electron chi connectivity index (χ0n) is 17.9. The number of halogens is 4. The lowest BCUT2D eigenvalue weighted by molar-refractivity contribution is -0.137. The molecule has 1 saturated heterocycles. The maximum atomic E-state index is 14.1. The minimum atomic E-state index is -4.50.